The predicted octanol–water partition coefficient (Wildman–Crippen LogP) is 2.31. The van der Waals surface area contributed by atoms with Crippen molar-refractivity contribution in [3.8, 4) is 0 Å². The minimum atomic E-state index is -0.540. The molecule has 3 fully saturated rings. The third-order valence-corrected chi connectivity index (χ3v) is 5.60. The van der Waals surface area contributed by atoms with Crippen LogP contribution >= 0.6 is 0 Å². The van der Waals surface area contributed by atoms with Gasteiger partial charge in [0.25, 0.3) is 0 Å². The Morgan fingerprint density at radius 2 is 2.04 bits per heavy atom. The summed E-state index contributed by atoms with van der Waals surface area (Å²) in [6, 6.07) is 8.01. The van der Waals surface area contributed by atoms with Crippen LogP contribution in [0.5, 0.6) is 0 Å². The van der Waals surface area contributed by atoms with E-state index in [4.69, 9.17) is 4.74 Å². The normalized spacial score (nSPS) is 31.4. The van der Waals surface area contributed by atoms with Crippen molar-refractivity contribution in [2.75, 3.05) is 6.54 Å². The molecule has 2 N–H and O–H groups in total. The Kier molecular flexibility index (Phi) is 3.71. The second kappa shape index (κ2) is 5.87. The molecule has 0 radical (unpaired) electrons. The quantitative estimate of drug-likeness (QED) is 0.838. The molecule has 1 aromatic carbocycles. The Morgan fingerprint density at radius 1 is 1.22 bits per heavy atom. The predicted molar refractivity (Wildman–Crippen MR) is 84.7 cm³/mol. The Hall–Kier alpha value is -2.04. The highest BCUT2D eigenvalue weighted by molar-refractivity contribution is 5.90. The number of fused-ring (bicyclic) bond motifs is 2. The monoisotopic (exact) mass is 314 g/mol. The maximum Gasteiger partial charge on any atom is 0.408 e. The van der Waals surface area contributed by atoms with Gasteiger partial charge in [0.15, 0.2) is 0 Å². The molecular formula is C18H22N2O3. The SMILES string of the molecule is O=C(N[C@H]1CNC1=O)OCc1ccc(C2CC3CCC2C3)cc1. The van der Waals surface area contributed by atoms with Crippen LogP contribution < -0.4 is 10.6 Å². The number of nitrogens with one attached hydrogen (secondary N) is 2. The van der Waals surface area contributed by atoms with Crippen molar-refractivity contribution in [3.05, 3.63) is 35.4 Å². The van der Waals surface area contributed by atoms with Gasteiger partial charge in [-0.3, -0.25) is 4.79 Å². The topological polar surface area (TPSA) is 67.4 Å². The Balaban J connectivity index is 1.28. The third-order valence-electron chi connectivity index (χ3n) is 5.60. The van der Waals surface area contributed by atoms with E-state index >= 15 is 0 Å². The van der Waals surface area contributed by atoms with Gasteiger partial charge in [-0.1, -0.05) is 30.7 Å². The van der Waals surface area contributed by atoms with Crippen LogP contribution in [0.1, 0.15) is 42.7 Å². The number of hydrogen-bond donors (Lipinski definition) is 2. The van der Waals surface area contributed by atoms with Gasteiger partial charge in [0.1, 0.15) is 12.6 Å². The summed E-state index contributed by atoms with van der Waals surface area (Å²) in [7, 11) is 0. The number of ether oxygens (including phenoxy) is 1. The molecular weight excluding hydrogens is 292 g/mol. The summed E-state index contributed by atoms with van der Waals surface area (Å²) in [5, 5.41) is 5.11. The molecule has 4 atom stereocenters. The molecule has 1 aliphatic heterocycles. The lowest BCUT2D eigenvalue weighted by Crippen LogP contribution is -2.61. The van der Waals surface area contributed by atoms with Gasteiger partial charge in [0.05, 0.1) is 0 Å². The molecule has 122 valence electrons. The van der Waals surface area contributed by atoms with Crippen LogP contribution in [0.4, 0.5) is 4.79 Å². The van der Waals surface area contributed by atoms with Crippen molar-refractivity contribution in [1.82, 2.24) is 10.6 Å². The number of β-lactam (4-membered cyclic amide) rings is 1. The second-order valence-electron chi connectivity index (χ2n) is 7.04. The van der Waals surface area contributed by atoms with Gasteiger partial charge in [-0.05, 0) is 48.1 Å². The molecule has 0 aromatic heterocycles. The van der Waals surface area contributed by atoms with Crippen LogP contribution in [0.25, 0.3) is 0 Å². The van der Waals surface area contributed by atoms with Crippen molar-refractivity contribution in [2.24, 2.45) is 11.8 Å². The highest BCUT2D eigenvalue weighted by Gasteiger charge is 2.39. The minimum absolute atomic E-state index is 0.155. The molecule has 2 saturated carbocycles. The first-order valence-electron chi connectivity index (χ1n) is 8.49. The number of hydrogen-bond acceptors (Lipinski definition) is 3. The molecule has 0 spiro atoms. The summed E-state index contributed by atoms with van der Waals surface area (Å²) < 4.78 is 5.17. The molecule has 4 rings (SSSR count). The number of carbonyl (C=O) groups is 2. The smallest absolute Gasteiger partial charge is 0.408 e. The Morgan fingerprint density at radius 3 is 2.61 bits per heavy atom. The number of alkyl carbamates (subject to hydrolysis) is 1. The lowest BCUT2D eigenvalue weighted by Gasteiger charge is -2.26. The zero-order valence-electron chi connectivity index (χ0n) is 13.1. The highest BCUT2D eigenvalue weighted by atomic mass is 16.5. The largest absolute Gasteiger partial charge is 0.445 e. The number of benzene rings is 1. The van der Waals surface area contributed by atoms with Gasteiger partial charge in [0, 0.05) is 6.54 Å². The maximum atomic E-state index is 11.6. The average Bonchev–Trinajstić information content (AvgIpc) is 3.20. The van der Waals surface area contributed by atoms with E-state index in [1.165, 1.54) is 31.2 Å². The van der Waals surface area contributed by atoms with Crippen LogP contribution in [0.2, 0.25) is 0 Å². The average molecular weight is 314 g/mol. The Labute approximate surface area is 135 Å². The van der Waals surface area contributed by atoms with Crippen molar-refractivity contribution in [3.63, 3.8) is 0 Å². The third kappa shape index (κ3) is 2.92. The fourth-order valence-corrected chi connectivity index (χ4v) is 4.25. The molecule has 2 aliphatic carbocycles. The molecule has 5 nitrogen and oxygen atoms in total. The van der Waals surface area contributed by atoms with Crippen molar-refractivity contribution in [1.29, 1.82) is 0 Å². The van der Waals surface area contributed by atoms with Gasteiger partial charge < -0.3 is 15.4 Å². The molecule has 3 unspecified atom stereocenters. The highest BCUT2D eigenvalue weighted by Crippen LogP contribution is 2.52. The fourth-order valence-electron chi connectivity index (χ4n) is 4.25. The molecule has 2 bridgehead atoms. The van der Waals surface area contributed by atoms with Gasteiger partial charge in [-0.15, -0.1) is 0 Å². The van der Waals surface area contributed by atoms with E-state index in [9.17, 15) is 9.59 Å². The molecule has 1 heterocycles. The van der Waals surface area contributed by atoms with Crippen molar-refractivity contribution >= 4 is 12.0 Å². The molecule has 1 aromatic rings. The molecule has 1 saturated heterocycles. The first-order valence-corrected chi connectivity index (χ1v) is 8.49. The van der Waals surface area contributed by atoms with Crippen LogP contribution in [0, 0.1) is 11.8 Å². The number of rotatable bonds is 4. The first-order chi connectivity index (χ1) is 11.2. The first kappa shape index (κ1) is 14.5. The summed E-state index contributed by atoms with van der Waals surface area (Å²) in [6.45, 7) is 0.712. The molecule has 3 aliphatic rings. The van der Waals surface area contributed by atoms with Gasteiger partial charge >= 0.3 is 6.09 Å². The lowest BCUT2D eigenvalue weighted by molar-refractivity contribution is -0.128. The van der Waals surface area contributed by atoms with Crippen molar-refractivity contribution in [2.45, 2.75) is 44.2 Å². The number of carbonyl (C=O) groups excluding carboxylic acids is 2. The van der Waals surface area contributed by atoms with E-state index in [0.717, 1.165) is 23.3 Å². The van der Waals surface area contributed by atoms with E-state index in [1.807, 2.05) is 12.1 Å². The minimum Gasteiger partial charge on any atom is -0.445 e. The standard InChI is InChI=1S/C18H22N2O3/c21-17-16(9-19-17)20-18(22)23-10-11-1-4-13(5-2-11)15-8-12-3-6-14(15)7-12/h1-2,4-5,12,14-16H,3,6-10H2,(H,19,21)(H,20,22)/t12?,14?,15?,16-/m0/s1. The summed E-state index contributed by atoms with van der Waals surface area (Å²) >= 11 is 0. The lowest BCUT2D eigenvalue weighted by atomic mass is 9.83. The van der Waals surface area contributed by atoms with Gasteiger partial charge in [-0.2, -0.15) is 0 Å². The van der Waals surface area contributed by atoms with Gasteiger partial charge in [-0.25, -0.2) is 4.79 Å². The molecule has 2 amide bonds. The van der Waals surface area contributed by atoms with Gasteiger partial charge in [0.2, 0.25) is 5.91 Å². The number of amides is 2. The zero-order valence-corrected chi connectivity index (χ0v) is 13.1. The maximum absolute atomic E-state index is 11.6. The van der Waals surface area contributed by atoms with E-state index in [0.29, 0.717) is 6.54 Å². The summed E-state index contributed by atoms with van der Waals surface area (Å²) in [5.74, 6) is 2.39. The van der Waals surface area contributed by atoms with Crippen LogP contribution in [0.3, 0.4) is 0 Å². The van der Waals surface area contributed by atoms with E-state index in [-0.39, 0.29) is 12.5 Å². The fraction of sp³-hybridized carbons (Fsp3) is 0.556. The summed E-state index contributed by atoms with van der Waals surface area (Å²) in [4.78, 5) is 22.7. The van der Waals surface area contributed by atoms with Crippen molar-refractivity contribution < 1.29 is 14.3 Å². The molecule has 5 heteroatoms. The summed E-state index contributed by atoms with van der Waals surface area (Å²) in [6.07, 6.45) is 5.01. The summed E-state index contributed by atoms with van der Waals surface area (Å²) in [5.41, 5.74) is 2.40. The second-order valence-corrected chi connectivity index (χ2v) is 7.04. The Bertz CT molecular complexity index is 613. The molecule has 23 heavy (non-hydrogen) atoms. The van der Waals surface area contributed by atoms with Crippen LogP contribution in [-0.2, 0) is 16.1 Å². The van der Waals surface area contributed by atoms with E-state index < -0.39 is 12.1 Å². The van der Waals surface area contributed by atoms with Crippen LogP contribution in [0.15, 0.2) is 24.3 Å². The van der Waals surface area contributed by atoms with E-state index in [1.54, 1.807) is 0 Å². The van der Waals surface area contributed by atoms with E-state index in [2.05, 4.69) is 22.8 Å². The zero-order chi connectivity index (χ0) is 15.8. The van der Waals surface area contributed by atoms with Crippen LogP contribution in [-0.4, -0.2) is 24.6 Å².